The Hall–Kier alpha value is -2.32. The average molecular weight is 313 g/mol. The van der Waals surface area contributed by atoms with Gasteiger partial charge in [-0.3, -0.25) is 0 Å². The van der Waals surface area contributed by atoms with Gasteiger partial charge in [0.25, 0.3) is 0 Å². The van der Waals surface area contributed by atoms with Crippen LogP contribution in [0.1, 0.15) is 0 Å². The minimum Gasteiger partial charge on any atom is -0.308 e. The summed E-state index contributed by atoms with van der Waals surface area (Å²) in [6.07, 6.45) is 0. The van der Waals surface area contributed by atoms with Gasteiger partial charge in [0.15, 0.2) is 0 Å². The lowest BCUT2D eigenvalue weighted by molar-refractivity contribution is 1.37. The molecule has 0 N–H and O–H groups in total. The van der Waals surface area contributed by atoms with Gasteiger partial charge in [0, 0.05) is 21.5 Å². The fourth-order valence-electron chi connectivity index (χ4n) is 3.90. The lowest BCUT2D eigenvalue weighted by atomic mass is 10.1. The van der Waals surface area contributed by atoms with E-state index < -0.39 is 8.07 Å². The van der Waals surface area contributed by atoms with Crippen molar-refractivity contribution in [3.8, 4) is 0 Å². The molecule has 1 nitrogen and oxygen atoms in total. The number of nitrogens with zero attached hydrogens (tertiary/aromatic N) is 1. The Labute approximate surface area is 136 Å². The zero-order valence-corrected chi connectivity index (χ0v) is 14.7. The predicted molar refractivity (Wildman–Crippen MR) is 104 cm³/mol. The maximum Gasteiger partial charge on any atom is 0.0776 e. The summed E-state index contributed by atoms with van der Waals surface area (Å²) in [5.74, 6) is 0. The Morgan fingerprint density at radius 2 is 1.30 bits per heavy atom. The molecule has 0 radical (unpaired) electrons. The van der Waals surface area contributed by atoms with Gasteiger partial charge < -0.3 is 4.40 Å². The molecule has 23 heavy (non-hydrogen) atoms. The third-order valence-corrected chi connectivity index (χ3v) is 7.13. The third kappa shape index (κ3) is 1.62. The molecule has 0 aliphatic heterocycles. The fourth-order valence-corrected chi connectivity index (χ4v) is 5.06. The molecule has 0 atom stereocenters. The second-order valence-electron chi connectivity index (χ2n) is 7.54. The van der Waals surface area contributed by atoms with E-state index in [0.717, 1.165) is 0 Å². The van der Waals surface area contributed by atoms with E-state index in [4.69, 9.17) is 0 Å². The van der Waals surface area contributed by atoms with Crippen molar-refractivity contribution in [3.63, 3.8) is 0 Å². The summed E-state index contributed by atoms with van der Waals surface area (Å²) in [4.78, 5) is 0. The monoisotopic (exact) mass is 313 g/mol. The number of hydrogen-bond donors (Lipinski definition) is 0. The quantitative estimate of drug-likeness (QED) is 0.366. The van der Waals surface area contributed by atoms with E-state index >= 15 is 0 Å². The fraction of sp³-hybridized carbons (Fsp3) is 0.143. The number of para-hydroxylation sites is 2. The van der Waals surface area contributed by atoms with Crippen molar-refractivity contribution in [3.05, 3.63) is 60.7 Å². The van der Waals surface area contributed by atoms with Crippen molar-refractivity contribution in [1.82, 2.24) is 4.40 Å². The molecule has 0 amide bonds. The lowest BCUT2D eigenvalue weighted by Gasteiger charge is -2.16. The SMILES string of the molecule is C[Si](C)(C)c1ccc2c(c1)c1cccc3c4ccccc4n2c31. The van der Waals surface area contributed by atoms with Crippen LogP contribution in [0.5, 0.6) is 0 Å². The van der Waals surface area contributed by atoms with Crippen LogP contribution in [-0.2, 0) is 0 Å². The molecule has 5 rings (SSSR count). The molecule has 0 aliphatic rings. The van der Waals surface area contributed by atoms with Crippen LogP contribution in [-0.4, -0.2) is 12.5 Å². The van der Waals surface area contributed by atoms with Crippen LogP contribution in [0.15, 0.2) is 60.7 Å². The maximum absolute atomic E-state index is 2.45. The highest BCUT2D eigenvalue weighted by Crippen LogP contribution is 2.38. The van der Waals surface area contributed by atoms with Crippen molar-refractivity contribution in [1.29, 1.82) is 0 Å². The van der Waals surface area contributed by atoms with Gasteiger partial charge in [0.05, 0.1) is 24.6 Å². The molecular weight excluding hydrogens is 294 g/mol. The minimum absolute atomic E-state index is 1.31. The number of benzene rings is 3. The normalized spacial score (nSPS) is 13.0. The minimum atomic E-state index is -1.31. The third-order valence-electron chi connectivity index (χ3n) is 5.09. The number of aromatic nitrogens is 1. The largest absolute Gasteiger partial charge is 0.308 e. The molecule has 112 valence electrons. The summed E-state index contributed by atoms with van der Waals surface area (Å²) in [6.45, 7) is 7.25. The Morgan fingerprint density at radius 3 is 2.09 bits per heavy atom. The van der Waals surface area contributed by atoms with Gasteiger partial charge in [0.2, 0.25) is 0 Å². The van der Waals surface area contributed by atoms with Gasteiger partial charge >= 0.3 is 0 Å². The van der Waals surface area contributed by atoms with Crippen LogP contribution >= 0.6 is 0 Å². The molecule has 3 aromatic carbocycles. The highest BCUT2D eigenvalue weighted by atomic mass is 28.3. The second-order valence-corrected chi connectivity index (χ2v) is 12.6. The molecule has 0 unspecified atom stereocenters. The maximum atomic E-state index is 2.45. The molecular formula is C21H19NSi. The topological polar surface area (TPSA) is 4.41 Å². The van der Waals surface area contributed by atoms with E-state index in [0.29, 0.717) is 0 Å². The van der Waals surface area contributed by atoms with E-state index in [2.05, 4.69) is 84.7 Å². The number of fused-ring (bicyclic) bond motifs is 6. The highest BCUT2D eigenvalue weighted by Gasteiger charge is 2.20. The molecule has 2 heterocycles. The lowest BCUT2D eigenvalue weighted by Crippen LogP contribution is -2.37. The summed E-state index contributed by atoms with van der Waals surface area (Å²) in [7, 11) is -1.31. The van der Waals surface area contributed by atoms with Gasteiger partial charge in [0.1, 0.15) is 0 Å². The van der Waals surface area contributed by atoms with Crippen LogP contribution in [0.4, 0.5) is 0 Å². The molecule has 0 saturated carbocycles. The van der Waals surface area contributed by atoms with E-state index in [9.17, 15) is 0 Å². The van der Waals surface area contributed by atoms with Crippen molar-refractivity contribution >= 4 is 51.4 Å². The van der Waals surface area contributed by atoms with Crippen LogP contribution < -0.4 is 5.19 Å². The first kappa shape index (κ1) is 13.1. The summed E-state index contributed by atoms with van der Waals surface area (Å²) in [6, 6.07) is 22.6. The van der Waals surface area contributed by atoms with Crippen LogP contribution in [0, 0.1) is 0 Å². The molecule has 0 aliphatic carbocycles. The van der Waals surface area contributed by atoms with Crippen LogP contribution in [0.3, 0.4) is 0 Å². The van der Waals surface area contributed by atoms with Crippen molar-refractivity contribution in [2.75, 3.05) is 0 Å². The molecule has 0 saturated heterocycles. The van der Waals surface area contributed by atoms with Gasteiger partial charge in [-0.05, 0) is 12.1 Å². The van der Waals surface area contributed by atoms with Gasteiger partial charge in [-0.15, -0.1) is 0 Å². The van der Waals surface area contributed by atoms with Crippen LogP contribution in [0.2, 0.25) is 19.6 Å². The van der Waals surface area contributed by atoms with Gasteiger partial charge in [-0.1, -0.05) is 73.4 Å². The Balaban J connectivity index is 2.08. The highest BCUT2D eigenvalue weighted by molar-refractivity contribution is 6.88. The summed E-state index contributed by atoms with van der Waals surface area (Å²) < 4.78 is 2.45. The zero-order chi connectivity index (χ0) is 15.8. The molecule has 2 aromatic heterocycles. The molecule has 0 bridgehead atoms. The predicted octanol–water partition coefficient (Wildman–Crippen LogP) is 5.38. The van der Waals surface area contributed by atoms with Crippen LogP contribution in [0.25, 0.3) is 38.1 Å². The number of hydrogen-bond acceptors (Lipinski definition) is 0. The standard InChI is InChI=1S/C21H19NSi/c1-23(2,3)14-11-12-20-18(13-14)17-9-6-8-16-15-7-4-5-10-19(15)22(20)21(16)17/h4-13H,1-3H3. The number of rotatable bonds is 1. The smallest absolute Gasteiger partial charge is 0.0776 e. The molecule has 5 aromatic rings. The Bertz CT molecular complexity index is 1190. The first-order valence-electron chi connectivity index (χ1n) is 8.23. The van der Waals surface area contributed by atoms with Crippen molar-refractivity contribution in [2.24, 2.45) is 0 Å². The average Bonchev–Trinajstić information content (AvgIpc) is 3.05. The molecule has 0 spiro atoms. The summed E-state index contributed by atoms with van der Waals surface area (Å²) in [5.41, 5.74) is 4.02. The first-order valence-corrected chi connectivity index (χ1v) is 11.7. The van der Waals surface area contributed by atoms with Gasteiger partial charge in [-0.2, -0.15) is 0 Å². The Morgan fingerprint density at radius 1 is 0.652 bits per heavy atom. The van der Waals surface area contributed by atoms with Crippen molar-refractivity contribution in [2.45, 2.75) is 19.6 Å². The van der Waals surface area contributed by atoms with E-state index in [1.165, 1.54) is 43.3 Å². The second kappa shape index (κ2) is 4.15. The molecule has 2 heteroatoms. The Kier molecular flexibility index (Phi) is 2.37. The summed E-state index contributed by atoms with van der Waals surface area (Å²) in [5, 5.41) is 7.03. The first-order chi connectivity index (χ1) is 11.1. The zero-order valence-electron chi connectivity index (χ0n) is 13.7. The van der Waals surface area contributed by atoms with E-state index in [-0.39, 0.29) is 0 Å². The van der Waals surface area contributed by atoms with E-state index in [1.54, 1.807) is 0 Å². The van der Waals surface area contributed by atoms with Crippen molar-refractivity contribution < 1.29 is 0 Å². The van der Waals surface area contributed by atoms with Gasteiger partial charge in [-0.25, -0.2) is 0 Å². The summed E-state index contributed by atoms with van der Waals surface area (Å²) >= 11 is 0. The molecule has 0 fully saturated rings. The van der Waals surface area contributed by atoms with E-state index in [1.807, 2.05) is 0 Å².